The highest BCUT2D eigenvalue weighted by Crippen LogP contribution is 2.27. The van der Waals surface area contributed by atoms with E-state index in [1.807, 2.05) is 54.6 Å². The van der Waals surface area contributed by atoms with E-state index in [2.05, 4.69) is 47.2 Å². The van der Waals surface area contributed by atoms with Crippen LogP contribution >= 0.6 is 44.3 Å². The average molecular weight is 535 g/mol. The molecule has 2 aromatic carbocycles. The molecule has 0 aliphatic rings. The van der Waals surface area contributed by atoms with Gasteiger partial charge in [-0.2, -0.15) is 0 Å². The Morgan fingerprint density at radius 3 is 2.38 bits per heavy atom. The molecule has 0 atom stereocenters. The lowest BCUT2D eigenvalue weighted by Gasteiger charge is -2.11. The van der Waals surface area contributed by atoms with E-state index in [1.54, 1.807) is 24.5 Å². The van der Waals surface area contributed by atoms with Crippen molar-refractivity contribution in [2.24, 2.45) is 4.99 Å². The second-order valence-corrected chi connectivity index (χ2v) is 7.63. The number of nitrogens with zero attached hydrogens (tertiary/aromatic N) is 3. The summed E-state index contributed by atoms with van der Waals surface area (Å²) in [4.78, 5) is 22.2. The molecule has 0 unspecified atom stereocenters. The second-order valence-electron chi connectivity index (χ2n) is 5.92. The third kappa shape index (κ3) is 4.58. The molecule has 4 aromatic rings. The van der Waals surface area contributed by atoms with Crippen molar-refractivity contribution in [1.29, 1.82) is 0 Å². The summed E-state index contributed by atoms with van der Waals surface area (Å²) in [6.07, 6.45) is 3.25. The van der Waals surface area contributed by atoms with Gasteiger partial charge in [-0.25, -0.2) is 4.98 Å². The highest BCUT2D eigenvalue weighted by Gasteiger charge is 2.12. The van der Waals surface area contributed by atoms with Crippen molar-refractivity contribution in [2.45, 2.75) is 0 Å². The molecule has 0 saturated carbocycles. The number of para-hydroxylation sites is 2. The molecule has 0 aliphatic carbocycles. The van der Waals surface area contributed by atoms with Crippen LogP contribution in [-0.2, 0) is 0 Å². The zero-order valence-corrected chi connectivity index (χ0v) is 18.9. The number of hydrogen-bond acceptors (Lipinski definition) is 4. The van der Waals surface area contributed by atoms with Crippen molar-refractivity contribution in [3.63, 3.8) is 0 Å². The van der Waals surface area contributed by atoms with Crippen LogP contribution in [0.15, 0.2) is 91.7 Å². The molecule has 0 bridgehead atoms. The number of hydrogen-bond donors (Lipinski definition) is 1. The number of nitrogens with one attached hydrogen (secondary N) is 1. The maximum absolute atomic E-state index is 13.1. The number of aliphatic imine (C=N–C) groups is 1. The minimum atomic E-state index is -0.198. The average Bonchev–Trinajstić information content (AvgIpc) is 2.71. The van der Waals surface area contributed by atoms with E-state index in [4.69, 9.17) is 0 Å². The molecule has 5 nitrogen and oxygen atoms in total. The first-order valence-corrected chi connectivity index (χ1v) is 10.0. The molecule has 0 amide bonds. The number of fused-ring (bicyclic) bond motifs is 1. The number of aromatic nitrogens is 2. The summed E-state index contributed by atoms with van der Waals surface area (Å²) in [5, 5.41) is 3.25. The Balaban J connectivity index is 0.00000240. The predicted molar refractivity (Wildman–Crippen MR) is 128 cm³/mol. The van der Waals surface area contributed by atoms with Crippen LogP contribution < -0.4 is 10.9 Å². The molecule has 0 radical (unpaired) electrons. The van der Waals surface area contributed by atoms with E-state index in [0.717, 1.165) is 20.3 Å². The maximum atomic E-state index is 13.1. The molecular weight excluding hydrogens is 520 g/mol. The van der Waals surface area contributed by atoms with Crippen LogP contribution in [0.2, 0.25) is 0 Å². The van der Waals surface area contributed by atoms with Gasteiger partial charge in [0.25, 0.3) is 5.56 Å². The lowest BCUT2D eigenvalue weighted by molar-refractivity contribution is 1.04. The first-order valence-electron chi connectivity index (χ1n) is 8.45. The summed E-state index contributed by atoms with van der Waals surface area (Å²) in [5.41, 5.74) is 2.27. The molecule has 146 valence electrons. The number of halogens is 3. The summed E-state index contributed by atoms with van der Waals surface area (Å²) in [6, 6.07) is 20.7. The summed E-state index contributed by atoms with van der Waals surface area (Å²) in [5.74, 6) is 0.443. The number of benzene rings is 2. The highest BCUT2D eigenvalue weighted by molar-refractivity contribution is 9.11. The largest absolute Gasteiger partial charge is 0.339 e. The number of anilines is 2. The molecule has 4 rings (SSSR count). The van der Waals surface area contributed by atoms with Gasteiger partial charge in [0.2, 0.25) is 0 Å². The first-order chi connectivity index (χ1) is 13.6. The van der Waals surface area contributed by atoms with Crippen molar-refractivity contribution in [2.75, 3.05) is 5.32 Å². The van der Waals surface area contributed by atoms with Crippen LogP contribution in [0.4, 0.5) is 17.2 Å². The van der Waals surface area contributed by atoms with Crippen LogP contribution in [0.3, 0.4) is 0 Å². The van der Waals surface area contributed by atoms with E-state index in [9.17, 15) is 4.79 Å². The van der Waals surface area contributed by atoms with Crippen molar-refractivity contribution in [3.05, 3.63) is 97.8 Å². The van der Waals surface area contributed by atoms with Gasteiger partial charge >= 0.3 is 0 Å². The predicted octanol–water partition coefficient (Wildman–Crippen LogP) is 6.14. The Bertz CT molecular complexity index is 1260. The standard InChI is InChI=1S/C21H14Br2N4O.ClH/c22-15-7-1-3-9-17(15)24-13-14-20(25-18-10-4-2-8-16(18)23)26-19-11-5-6-12-27(19)21(14)28;/h1-13,25H;1H. The van der Waals surface area contributed by atoms with Crippen LogP contribution in [-0.4, -0.2) is 15.6 Å². The normalized spacial score (nSPS) is 10.8. The van der Waals surface area contributed by atoms with E-state index >= 15 is 0 Å². The third-order valence-corrected chi connectivity index (χ3v) is 5.44. The van der Waals surface area contributed by atoms with Gasteiger partial charge in [-0.15, -0.1) is 12.4 Å². The van der Waals surface area contributed by atoms with Gasteiger partial charge in [0.1, 0.15) is 17.0 Å². The van der Waals surface area contributed by atoms with Crippen molar-refractivity contribution in [3.8, 4) is 0 Å². The molecule has 2 aromatic heterocycles. The Labute approximate surface area is 190 Å². The van der Waals surface area contributed by atoms with Crippen LogP contribution in [0.1, 0.15) is 5.56 Å². The van der Waals surface area contributed by atoms with E-state index in [0.29, 0.717) is 17.0 Å². The minimum Gasteiger partial charge on any atom is -0.339 e. The minimum absolute atomic E-state index is 0. The van der Waals surface area contributed by atoms with E-state index in [-0.39, 0.29) is 18.0 Å². The van der Waals surface area contributed by atoms with Gasteiger partial charge < -0.3 is 5.32 Å². The monoisotopic (exact) mass is 532 g/mol. The maximum Gasteiger partial charge on any atom is 0.268 e. The number of pyridine rings is 1. The van der Waals surface area contributed by atoms with E-state index in [1.165, 1.54) is 4.40 Å². The number of rotatable bonds is 4. The fraction of sp³-hybridized carbons (Fsp3) is 0. The van der Waals surface area contributed by atoms with Crippen molar-refractivity contribution >= 4 is 73.3 Å². The lowest BCUT2D eigenvalue weighted by Crippen LogP contribution is -2.21. The van der Waals surface area contributed by atoms with Crippen LogP contribution in [0.5, 0.6) is 0 Å². The SMILES string of the molecule is Cl.O=c1c(C=Nc2ccccc2Br)c(Nc2ccccc2Br)nc2ccccn12. The topological polar surface area (TPSA) is 58.8 Å². The molecule has 0 spiro atoms. The summed E-state index contributed by atoms with van der Waals surface area (Å²) in [7, 11) is 0. The fourth-order valence-electron chi connectivity index (χ4n) is 2.70. The fourth-order valence-corrected chi connectivity index (χ4v) is 3.47. The summed E-state index contributed by atoms with van der Waals surface area (Å²) in [6.45, 7) is 0. The molecule has 2 heterocycles. The molecular formula is C21H15Br2ClN4O. The Hall–Kier alpha value is -2.48. The third-order valence-electron chi connectivity index (χ3n) is 4.08. The van der Waals surface area contributed by atoms with Gasteiger partial charge in [-0.05, 0) is 68.3 Å². The smallest absolute Gasteiger partial charge is 0.268 e. The zero-order valence-electron chi connectivity index (χ0n) is 14.9. The van der Waals surface area contributed by atoms with Crippen LogP contribution in [0, 0.1) is 0 Å². The Morgan fingerprint density at radius 2 is 1.62 bits per heavy atom. The van der Waals surface area contributed by atoms with Gasteiger partial charge in [-0.3, -0.25) is 14.2 Å². The molecule has 0 fully saturated rings. The molecule has 0 aliphatic heterocycles. The molecule has 1 N–H and O–H groups in total. The van der Waals surface area contributed by atoms with E-state index < -0.39 is 0 Å². The quantitative estimate of drug-likeness (QED) is 0.320. The first kappa shape index (κ1) is 21.2. The van der Waals surface area contributed by atoms with Gasteiger partial charge in [0.05, 0.1) is 11.4 Å². The van der Waals surface area contributed by atoms with Gasteiger partial charge in [0.15, 0.2) is 0 Å². The molecule has 0 saturated heterocycles. The van der Waals surface area contributed by atoms with Crippen LogP contribution in [0.25, 0.3) is 5.65 Å². The van der Waals surface area contributed by atoms with Gasteiger partial charge in [0, 0.05) is 21.4 Å². The second kappa shape index (κ2) is 9.35. The lowest BCUT2D eigenvalue weighted by atomic mass is 10.2. The van der Waals surface area contributed by atoms with Crippen molar-refractivity contribution in [1.82, 2.24) is 9.38 Å². The highest BCUT2D eigenvalue weighted by atomic mass is 79.9. The molecule has 8 heteroatoms. The Morgan fingerprint density at radius 1 is 0.931 bits per heavy atom. The molecule has 29 heavy (non-hydrogen) atoms. The Kier molecular flexibility index (Phi) is 6.84. The van der Waals surface area contributed by atoms with Gasteiger partial charge in [-0.1, -0.05) is 30.3 Å². The summed E-state index contributed by atoms with van der Waals surface area (Å²) < 4.78 is 3.23. The zero-order chi connectivity index (χ0) is 19.5. The summed E-state index contributed by atoms with van der Waals surface area (Å²) >= 11 is 6.99. The van der Waals surface area contributed by atoms with Crippen molar-refractivity contribution < 1.29 is 0 Å².